The van der Waals surface area contributed by atoms with Gasteiger partial charge in [-0.25, -0.2) is 9.88 Å². The van der Waals surface area contributed by atoms with E-state index in [0.717, 1.165) is 4.90 Å². The number of imide groups is 1. The molecule has 1 saturated heterocycles. The molecule has 0 saturated carbocycles. The third-order valence-electron chi connectivity index (χ3n) is 2.80. The standard InChI is InChI=1S/C14H14N2O3/c1-10-8-13(18)16(14(19)9-10)12-6-2-4-11(15-12)5-3-7-17/h2,4,6,10,17H,7-9H2,1H3. The van der Waals surface area contributed by atoms with Crippen LogP contribution in [0.2, 0.25) is 0 Å². The van der Waals surface area contributed by atoms with E-state index in [0.29, 0.717) is 24.4 Å². The maximum Gasteiger partial charge on any atom is 0.235 e. The second kappa shape index (κ2) is 5.63. The van der Waals surface area contributed by atoms with Gasteiger partial charge in [-0.05, 0) is 24.0 Å². The van der Waals surface area contributed by atoms with Crippen LogP contribution in [0.3, 0.4) is 0 Å². The molecular formula is C14H14N2O3. The molecule has 2 rings (SSSR count). The van der Waals surface area contributed by atoms with Crippen molar-refractivity contribution in [2.24, 2.45) is 5.92 Å². The van der Waals surface area contributed by atoms with E-state index in [2.05, 4.69) is 16.8 Å². The SMILES string of the molecule is CC1CC(=O)N(c2cccc(C#CCO)n2)C(=O)C1. The molecule has 1 aromatic rings. The molecule has 0 spiro atoms. The van der Waals surface area contributed by atoms with Gasteiger partial charge >= 0.3 is 0 Å². The Labute approximate surface area is 111 Å². The largest absolute Gasteiger partial charge is 0.384 e. The lowest BCUT2D eigenvalue weighted by molar-refractivity contribution is -0.130. The summed E-state index contributed by atoms with van der Waals surface area (Å²) in [6, 6.07) is 4.95. The second-order valence-corrected chi connectivity index (χ2v) is 4.48. The monoisotopic (exact) mass is 258 g/mol. The highest BCUT2D eigenvalue weighted by molar-refractivity contribution is 6.15. The van der Waals surface area contributed by atoms with E-state index < -0.39 is 0 Å². The molecule has 1 aliphatic heterocycles. The summed E-state index contributed by atoms with van der Waals surface area (Å²) in [5.74, 6) is 5.04. The number of amides is 2. The van der Waals surface area contributed by atoms with Crippen LogP contribution in [-0.4, -0.2) is 28.5 Å². The summed E-state index contributed by atoms with van der Waals surface area (Å²) in [6.45, 7) is 1.62. The number of aromatic nitrogens is 1. The number of aliphatic hydroxyl groups excluding tert-OH is 1. The highest BCUT2D eigenvalue weighted by Gasteiger charge is 2.32. The van der Waals surface area contributed by atoms with Gasteiger partial charge in [0.15, 0.2) is 0 Å². The molecule has 98 valence electrons. The predicted molar refractivity (Wildman–Crippen MR) is 69.1 cm³/mol. The highest BCUT2D eigenvalue weighted by Crippen LogP contribution is 2.23. The van der Waals surface area contributed by atoms with Crippen LogP contribution in [0.5, 0.6) is 0 Å². The zero-order valence-electron chi connectivity index (χ0n) is 10.6. The fraction of sp³-hybridized carbons (Fsp3) is 0.357. The summed E-state index contributed by atoms with van der Waals surface area (Å²) >= 11 is 0. The Morgan fingerprint density at radius 1 is 1.37 bits per heavy atom. The molecule has 1 fully saturated rings. The topological polar surface area (TPSA) is 70.5 Å². The third kappa shape index (κ3) is 2.98. The molecule has 2 amide bonds. The molecule has 1 aliphatic rings. The number of carbonyl (C=O) groups is 2. The summed E-state index contributed by atoms with van der Waals surface area (Å²) < 4.78 is 0. The van der Waals surface area contributed by atoms with Crippen molar-refractivity contribution in [1.29, 1.82) is 0 Å². The van der Waals surface area contributed by atoms with Gasteiger partial charge in [-0.1, -0.05) is 18.9 Å². The molecule has 0 aromatic carbocycles. The summed E-state index contributed by atoms with van der Waals surface area (Å²) in [5, 5.41) is 8.64. The van der Waals surface area contributed by atoms with Crippen LogP contribution in [-0.2, 0) is 9.59 Å². The van der Waals surface area contributed by atoms with Crippen molar-refractivity contribution in [2.45, 2.75) is 19.8 Å². The first-order valence-corrected chi connectivity index (χ1v) is 6.04. The molecule has 0 aliphatic carbocycles. The van der Waals surface area contributed by atoms with Gasteiger partial charge in [0.1, 0.15) is 18.1 Å². The first kappa shape index (κ1) is 13.2. The number of hydrogen-bond donors (Lipinski definition) is 1. The number of hydrogen-bond acceptors (Lipinski definition) is 4. The smallest absolute Gasteiger partial charge is 0.235 e. The average Bonchev–Trinajstić information content (AvgIpc) is 2.35. The Morgan fingerprint density at radius 3 is 2.68 bits per heavy atom. The van der Waals surface area contributed by atoms with Gasteiger partial charge in [0, 0.05) is 12.8 Å². The number of rotatable bonds is 1. The van der Waals surface area contributed by atoms with E-state index in [1.807, 2.05) is 6.92 Å². The number of pyridine rings is 1. The molecule has 5 nitrogen and oxygen atoms in total. The normalized spacial score (nSPS) is 16.2. The van der Waals surface area contributed by atoms with Crippen LogP contribution in [0.25, 0.3) is 0 Å². The Kier molecular flexibility index (Phi) is 3.93. The average molecular weight is 258 g/mol. The lowest BCUT2D eigenvalue weighted by Gasteiger charge is -2.27. The number of piperidine rings is 1. The number of anilines is 1. The van der Waals surface area contributed by atoms with Gasteiger partial charge in [0.25, 0.3) is 0 Å². The first-order valence-electron chi connectivity index (χ1n) is 6.04. The van der Waals surface area contributed by atoms with Crippen LogP contribution in [0.1, 0.15) is 25.5 Å². The number of nitrogens with zero attached hydrogens (tertiary/aromatic N) is 2. The van der Waals surface area contributed by atoms with Crippen LogP contribution in [0.15, 0.2) is 18.2 Å². The molecule has 1 aromatic heterocycles. The van der Waals surface area contributed by atoms with Crippen molar-refractivity contribution in [2.75, 3.05) is 11.5 Å². The van der Waals surface area contributed by atoms with Crippen molar-refractivity contribution in [3.05, 3.63) is 23.9 Å². The number of aliphatic hydroxyl groups is 1. The van der Waals surface area contributed by atoms with Crippen molar-refractivity contribution in [1.82, 2.24) is 4.98 Å². The van der Waals surface area contributed by atoms with Crippen molar-refractivity contribution < 1.29 is 14.7 Å². The number of carbonyl (C=O) groups excluding carboxylic acids is 2. The van der Waals surface area contributed by atoms with E-state index >= 15 is 0 Å². The zero-order valence-corrected chi connectivity index (χ0v) is 10.6. The van der Waals surface area contributed by atoms with E-state index in [9.17, 15) is 9.59 Å². The molecule has 5 heteroatoms. The Bertz CT molecular complexity index is 554. The van der Waals surface area contributed by atoms with Crippen LogP contribution in [0.4, 0.5) is 5.82 Å². The van der Waals surface area contributed by atoms with E-state index in [-0.39, 0.29) is 24.3 Å². The molecular weight excluding hydrogens is 244 g/mol. The Hall–Kier alpha value is -2.19. The maximum absolute atomic E-state index is 11.9. The van der Waals surface area contributed by atoms with Gasteiger partial charge < -0.3 is 5.11 Å². The minimum atomic E-state index is -0.259. The molecule has 0 radical (unpaired) electrons. The van der Waals surface area contributed by atoms with Gasteiger partial charge in [0.2, 0.25) is 11.8 Å². The highest BCUT2D eigenvalue weighted by atomic mass is 16.2. The summed E-state index contributed by atoms with van der Waals surface area (Å²) in [7, 11) is 0. The minimum absolute atomic E-state index is 0.0774. The zero-order chi connectivity index (χ0) is 13.8. The van der Waals surface area contributed by atoms with Crippen molar-refractivity contribution >= 4 is 17.6 Å². The van der Waals surface area contributed by atoms with Gasteiger partial charge in [-0.2, -0.15) is 0 Å². The van der Waals surface area contributed by atoms with Crippen LogP contribution < -0.4 is 4.90 Å². The van der Waals surface area contributed by atoms with Crippen molar-refractivity contribution in [3.8, 4) is 11.8 Å². The molecule has 2 heterocycles. The van der Waals surface area contributed by atoms with E-state index in [1.165, 1.54) is 0 Å². The fourth-order valence-corrected chi connectivity index (χ4v) is 1.99. The second-order valence-electron chi connectivity index (χ2n) is 4.48. The van der Waals surface area contributed by atoms with Crippen molar-refractivity contribution in [3.63, 3.8) is 0 Å². The summed E-state index contributed by atoms with van der Waals surface area (Å²) in [5.41, 5.74) is 0.422. The molecule has 0 bridgehead atoms. The maximum atomic E-state index is 11.9. The fourth-order valence-electron chi connectivity index (χ4n) is 1.99. The molecule has 0 unspecified atom stereocenters. The Balaban J connectivity index is 2.31. The first-order chi connectivity index (χ1) is 9.11. The minimum Gasteiger partial charge on any atom is -0.384 e. The molecule has 19 heavy (non-hydrogen) atoms. The Morgan fingerprint density at radius 2 is 2.05 bits per heavy atom. The van der Waals surface area contributed by atoms with Gasteiger partial charge in [-0.15, -0.1) is 0 Å². The van der Waals surface area contributed by atoms with Crippen LogP contribution >= 0.6 is 0 Å². The van der Waals surface area contributed by atoms with Gasteiger partial charge in [-0.3, -0.25) is 9.59 Å². The lowest BCUT2D eigenvalue weighted by Crippen LogP contribution is -2.43. The molecule has 1 N–H and O–H groups in total. The predicted octanol–water partition coefficient (Wildman–Crippen LogP) is 0.715. The van der Waals surface area contributed by atoms with Gasteiger partial charge in [0.05, 0.1) is 0 Å². The summed E-state index contributed by atoms with van der Waals surface area (Å²) in [4.78, 5) is 29.1. The van der Waals surface area contributed by atoms with Crippen LogP contribution in [0, 0.1) is 17.8 Å². The molecule has 0 atom stereocenters. The third-order valence-corrected chi connectivity index (χ3v) is 2.80. The summed E-state index contributed by atoms with van der Waals surface area (Å²) in [6.07, 6.45) is 0.694. The quantitative estimate of drug-likeness (QED) is 0.595. The lowest BCUT2D eigenvalue weighted by atomic mass is 9.98. The van der Waals surface area contributed by atoms with E-state index in [4.69, 9.17) is 5.11 Å². The van der Waals surface area contributed by atoms with E-state index in [1.54, 1.807) is 18.2 Å².